The van der Waals surface area contributed by atoms with E-state index < -0.39 is 0 Å². The van der Waals surface area contributed by atoms with Crippen molar-refractivity contribution in [2.45, 2.75) is 18.5 Å². The zero-order valence-corrected chi connectivity index (χ0v) is 9.14. The van der Waals surface area contributed by atoms with Crippen molar-refractivity contribution in [2.75, 3.05) is 0 Å². The molecule has 2 aromatic rings. The number of hydrogen-bond donors (Lipinski definition) is 1. The fourth-order valence-electron chi connectivity index (χ4n) is 2.29. The van der Waals surface area contributed by atoms with Gasteiger partial charge in [-0.2, -0.15) is 0 Å². The third kappa shape index (κ3) is 1.74. The molecule has 2 atom stereocenters. The van der Waals surface area contributed by atoms with E-state index in [1.165, 1.54) is 17.5 Å². The maximum Gasteiger partial charge on any atom is 0.0343 e. The van der Waals surface area contributed by atoms with E-state index in [1.54, 1.807) is 0 Å². The van der Waals surface area contributed by atoms with Crippen LogP contribution in [0.25, 0.3) is 0 Å². The largest absolute Gasteiger partial charge is 0.303 e. The van der Waals surface area contributed by atoms with E-state index in [0.717, 1.165) is 0 Å². The summed E-state index contributed by atoms with van der Waals surface area (Å²) in [4.78, 5) is 0. The minimum atomic E-state index is 0.534. The predicted octanol–water partition coefficient (Wildman–Crippen LogP) is 3.46. The lowest BCUT2D eigenvalue weighted by Gasteiger charge is -2.38. The van der Waals surface area contributed by atoms with Gasteiger partial charge in [-0.1, -0.05) is 60.7 Å². The standard InChI is InChI=1S/C15H15N/c1-3-7-12(8-4-1)14-11-15(16-14)13-9-5-2-6-10-13/h1-10,14-16H,11H2/t14-,15+. The second-order valence-corrected chi connectivity index (χ2v) is 4.33. The van der Waals surface area contributed by atoms with Gasteiger partial charge in [0.25, 0.3) is 0 Å². The van der Waals surface area contributed by atoms with Crippen molar-refractivity contribution in [3.63, 3.8) is 0 Å². The van der Waals surface area contributed by atoms with Crippen molar-refractivity contribution < 1.29 is 0 Å². The van der Waals surface area contributed by atoms with Crippen LogP contribution in [-0.2, 0) is 0 Å². The number of nitrogens with one attached hydrogen (secondary N) is 1. The van der Waals surface area contributed by atoms with Gasteiger partial charge >= 0.3 is 0 Å². The average molecular weight is 209 g/mol. The Morgan fingerprint density at radius 2 is 1.06 bits per heavy atom. The quantitative estimate of drug-likeness (QED) is 0.798. The van der Waals surface area contributed by atoms with Crippen LogP contribution in [0.1, 0.15) is 29.6 Å². The van der Waals surface area contributed by atoms with E-state index in [2.05, 4.69) is 66.0 Å². The molecule has 80 valence electrons. The van der Waals surface area contributed by atoms with Gasteiger partial charge in [0.15, 0.2) is 0 Å². The Labute approximate surface area is 96.1 Å². The first-order chi connectivity index (χ1) is 7.93. The fraction of sp³-hybridized carbons (Fsp3) is 0.200. The van der Waals surface area contributed by atoms with Gasteiger partial charge in [0.05, 0.1) is 0 Å². The van der Waals surface area contributed by atoms with Crippen LogP contribution < -0.4 is 5.32 Å². The van der Waals surface area contributed by atoms with Gasteiger partial charge < -0.3 is 5.32 Å². The highest BCUT2D eigenvalue weighted by Crippen LogP contribution is 2.36. The fourth-order valence-corrected chi connectivity index (χ4v) is 2.29. The van der Waals surface area contributed by atoms with Gasteiger partial charge in [-0.3, -0.25) is 0 Å². The molecule has 1 heterocycles. The molecule has 0 aliphatic carbocycles. The molecule has 0 unspecified atom stereocenters. The first-order valence-corrected chi connectivity index (χ1v) is 5.79. The summed E-state index contributed by atoms with van der Waals surface area (Å²) in [5.41, 5.74) is 2.80. The maximum atomic E-state index is 3.61. The summed E-state index contributed by atoms with van der Waals surface area (Å²) in [6.45, 7) is 0. The van der Waals surface area contributed by atoms with Gasteiger partial charge in [0.2, 0.25) is 0 Å². The Morgan fingerprint density at radius 1 is 0.688 bits per heavy atom. The van der Waals surface area contributed by atoms with Crippen molar-refractivity contribution >= 4 is 0 Å². The third-order valence-corrected chi connectivity index (χ3v) is 3.28. The summed E-state index contributed by atoms with van der Waals surface area (Å²) in [5, 5.41) is 3.61. The molecule has 1 nitrogen and oxygen atoms in total. The summed E-state index contributed by atoms with van der Waals surface area (Å²) < 4.78 is 0. The van der Waals surface area contributed by atoms with Crippen LogP contribution in [0.4, 0.5) is 0 Å². The highest BCUT2D eigenvalue weighted by molar-refractivity contribution is 5.27. The molecule has 1 fully saturated rings. The van der Waals surface area contributed by atoms with Crippen molar-refractivity contribution in [3.05, 3.63) is 71.8 Å². The van der Waals surface area contributed by atoms with Crippen LogP contribution in [0.3, 0.4) is 0 Å². The van der Waals surface area contributed by atoms with Crippen molar-refractivity contribution in [1.82, 2.24) is 5.32 Å². The Balaban J connectivity index is 1.68. The molecule has 0 amide bonds. The molecule has 0 radical (unpaired) electrons. The predicted molar refractivity (Wildman–Crippen MR) is 66.1 cm³/mol. The van der Waals surface area contributed by atoms with Crippen molar-refractivity contribution in [1.29, 1.82) is 0 Å². The molecule has 0 saturated carbocycles. The van der Waals surface area contributed by atoms with Gasteiger partial charge in [0, 0.05) is 12.1 Å². The van der Waals surface area contributed by atoms with Crippen LogP contribution >= 0.6 is 0 Å². The van der Waals surface area contributed by atoms with Crippen LogP contribution in [0.2, 0.25) is 0 Å². The number of benzene rings is 2. The molecule has 0 aromatic heterocycles. The lowest BCUT2D eigenvalue weighted by atomic mass is 9.87. The first-order valence-electron chi connectivity index (χ1n) is 5.79. The van der Waals surface area contributed by atoms with Crippen LogP contribution in [-0.4, -0.2) is 0 Å². The highest BCUT2D eigenvalue weighted by Gasteiger charge is 2.29. The Kier molecular flexibility index (Phi) is 2.47. The average Bonchev–Trinajstić information content (AvgIpc) is 2.30. The molecule has 2 aromatic carbocycles. The number of rotatable bonds is 2. The van der Waals surface area contributed by atoms with Crippen LogP contribution in [0.15, 0.2) is 60.7 Å². The third-order valence-electron chi connectivity index (χ3n) is 3.28. The Morgan fingerprint density at radius 3 is 1.44 bits per heavy atom. The summed E-state index contributed by atoms with van der Waals surface area (Å²) in [5.74, 6) is 0. The second-order valence-electron chi connectivity index (χ2n) is 4.33. The van der Waals surface area contributed by atoms with Gasteiger partial charge in [0.1, 0.15) is 0 Å². The van der Waals surface area contributed by atoms with E-state index >= 15 is 0 Å². The lowest BCUT2D eigenvalue weighted by molar-refractivity contribution is 0.273. The molecule has 1 aliphatic heterocycles. The first kappa shape index (κ1) is 9.61. The second kappa shape index (κ2) is 4.11. The molecular weight excluding hydrogens is 194 g/mol. The van der Waals surface area contributed by atoms with Crippen LogP contribution in [0, 0.1) is 0 Å². The van der Waals surface area contributed by atoms with Crippen molar-refractivity contribution in [2.24, 2.45) is 0 Å². The topological polar surface area (TPSA) is 12.0 Å². The SMILES string of the molecule is c1ccc([C@@H]2C[C@H](c3ccccc3)N2)cc1. The van der Waals surface area contributed by atoms with E-state index in [-0.39, 0.29) is 0 Å². The Bertz CT molecular complexity index is 400. The van der Waals surface area contributed by atoms with E-state index in [0.29, 0.717) is 12.1 Å². The molecule has 1 saturated heterocycles. The zero-order valence-electron chi connectivity index (χ0n) is 9.14. The zero-order chi connectivity index (χ0) is 10.8. The molecule has 1 aliphatic rings. The monoisotopic (exact) mass is 209 g/mol. The van der Waals surface area contributed by atoms with Gasteiger partial charge in [-0.15, -0.1) is 0 Å². The van der Waals surface area contributed by atoms with Crippen LogP contribution in [0.5, 0.6) is 0 Å². The summed E-state index contributed by atoms with van der Waals surface area (Å²) in [7, 11) is 0. The van der Waals surface area contributed by atoms with E-state index in [4.69, 9.17) is 0 Å². The molecule has 1 N–H and O–H groups in total. The summed E-state index contributed by atoms with van der Waals surface area (Å²) in [6, 6.07) is 22.4. The summed E-state index contributed by atoms with van der Waals surface area (Å²) >= 11 is 0. The van der Waals surface area contributed by atoms with Crippen molar-refractivity contribution in [3.8, 4) is 0 Å². The molecular formula is C15H15N. The lowest BCUT2D eigenvalue weighted by Crippen LogP contribution is -2.38. The maximum absolute atomic E-state index is 3.61. The minimum absolute atomic E-state index is 0.534. The Hall–Kier alpha value is -1.60. The molecule has 0 bridgehead atoms. The summed E-state index contributed by atoms with van der Waals surface area (Å²) in [6.07, 6.45) is 1.20. The van der Waals surface area contributed by atoms with E-state index in [9.17, 15) is 0 Å². The highest BCUT2D eigenvalue weighted by atomic mass is 15.0. The van der Waals surface area contributed by atoms with Gasteiger partial charge in [-0.25, -0.2) is 0 Å². The number of hydrogen-bond acceptors (Lipinski definition) is 1. The van der Waals surface area contributed by atoms with Gasteiger partial charge in [-0.05, 0) is 17.5 Å². The molecule has 1 heteroatoms. The molecule has 0 spiro atoms. The minimum Gasteiger partial charge on any atom is -0.303 e. The normalized spacial score (nSPS) is 23.8. The van der Waals surface area contributed by atoms with E-state index in [1.807, 2.05) is 0 Å². The molecule has 16 heavy (non-hydrogen) atoms. The smallest absolute Gasteiger partial charge is 0.0343 e. The molecule has 3 rings (SSSR count).